The number of nitrogens with one attached hydrogen (secondary N) is 1. The number of aromatic nitrogens is 2. The van der Waals surface area contributed by atoms with Gasteiger partial charge in [-0.2, -0.15) is 0 Å². The number of fused-ring (bicyclic) bond motifs is 1. The molecule has 2 aromatic carbocycles. The van der Waals surface area contributed by atoms with Crippen LogP contribution in [-0.4, -0.2) is 37.9 Å². The topological polar surface area (TPSA) is 118 Å². The maximum Gasteiger partial charge on any atom is 0.269 e. The summed E-state index contributed by atoms with van der Waals surface area (Å²) in [5, 5.41) is 12.5. The first-order valence-electron chi connectivity index (χ1n) is 11.8. The Morgan fingerprint density at radius 2 is 1.70 bits per heavy atom. The molecule has 11 heteroatoms. The molecular formula is C26H26FN3O5S2. The molecule has 37 heavy (non-hydrogen) atoms. The number of sulfonamides is 1. The van der Waals surface area contributed by atoms with E-state index in [1.165, 1.54) is 55.6 Å². The van der Waals surface area contributed by atoms with Crippen LogP contribution in [0.1, 0.15) is 36.9 Å². The molecule has 2 heterocycles. The molecule has 2 aromatic heterocycles. The van der Waals surface area contributed by atoms with Gasteiger partial charge in [-0.05, 0) is 61.3 Å². The molecule has 1 atom stereocenters. The standard InChI is InChI=1S/C26H26FN3O5S2/c1-28-36(32,33)22-12-10-20(11-13-22)26(31,16-18-6-5-7-18)24-15-19-14-21(27)17-29-25(19)30(24)37(34,35)23-8-3-2-4-9-23/h2-4,8-15,17-18,28,31H,5-7,16H2,1H3. The van der Waals surface area contributed by atoms with Crippen molar-refractivity contribution in [1.82, 2.24) is 13.7 Å². The lowest BCUT2D eigenvalue weighted by atomic mass is 9.74. The van der Waals surface area contributed by atoms with Gasteiger partial charge in [0.1, 0.15) is 11.4 Å². The van der Waals surface area contributed by atoms with Crippen LogP contribution in [-0.2, 0) is 25.6 Å². The van der Waals surface area contributed by atoms with Crippen LogP contribution in [0.25, 0.3) is 11.0 Å². The van der Waals surface area contributed by atoms with Gasteiger partial charge in [0, 0.05) is 5.39 Å². The minimum absolute atomic E-state index is 0.00549. The lowest BCUT2D eigenvalue weighted by molar-refractivity contribution is 0.0323. The van der Waals surface area contributed by atoms with Crippen molar-refractivity contribution >= 4 is 31.1 Å². The van der Waals surface area contributed by atoms with Crippen LogP contribution in [0.2, 0.25) is 0 Å². The number of aliphatic hydroxyl groups is 1. The molecule has 5 rings (SSSR count). The van der Waals surface area contributed by atoms with Crippen LogP contribution < -0.4 is 4.72 Å². The third kappa shape index (κ3) is 4.46. The smallest absolute Gasteiger partial charge is 0.269 e. The van der Waals surface area contributed by atoms with Gasteiger partial charge in [0.05, 0.1) is 21.7 Å². The Balaban J connectivity index is 1.78. The summed E-state index contributed by atoms with van der Waals surface area (Å²) in [6, 6.07) is 16.1. The molecule has 2 N–H and O–H groups in total. The van der Waals surface area contributed by atoms with Gasteiger partial charge in [-0.3, -0.25) is 0 Å². The summed E-state index contributed by atoms with van der Waals surface area (Å²) >= 11 is 0. The SMILES string of the molecule is CNS(=O)(=O)c1ccc(C(O)(CC2CCC2)c2cc3cc(F)cnc3n2S(=O)(=O)c2ccccc2)cc1. The molecule has 0 aliphatic heterocycles. The van der Waals surface area contributed by atoms with Crippen molar-refractivity contribution in [1.29, 1.82) is 0 Å². The number of benzene rings is 2. The van der Waals surface area contributed by atoms with E-state index in [0.29, 0.717) is 5.56 Å². The van der Waals surface area contributed by atoms with Gasteiger partial charge < -0.3 is 5.11 Å². The monoisotopic (exact) mass is 543 g/mol. The first-order valence-corrected chi connectivity index (χ1v) is 14.7. The summed E-state index contributed by atoms with van der Waals surface area (Å²) in [5.41, 5.74) is -1.50. The molecule has 0 spiro atoms. The highest BCUT2D eigenvalue weighted by Gasteiger charge is 2.42. The molecule has 0 saturated heterocycles. The second-order valence-electron chi connectivity index (χ2n) is 9.27. The van der Waals surface area contributed by atoms with Gasteiger partial charge in [0.25, 0.3) is 10.0 Å². The van der Waals surface area contributed by atoms with E-state index in [0.717, 1.165) is 29.4 Å². The first-order chi connectivity index (χ1) is 17.6. The molecule has 194 valence electrons. The zero-order chi connectivity index (χ0) is 26.4. The lowest BCUT2D eigenvalue weighted by Crippen LogP contribution is -2.36. The van der Waals surface area contributed by atoms with Crippen molar-refractivity contribution in [3.05, 3.63) is 90.0 Å². The maximum absolute atomic E-state index is 14.1. The average Bonchev–Trinajstić information content (AvgIpc) is 3.27. The van der Waals surface area contributed by atoms with Gasteiger partial charge in [0.2, 0.25) is 10.0 Å². The second kappa shape index (κ2) is 9.32. The third-order valence-electron chi connectivity index (χ3n) is 6.99. The second-order valence-corrected chi connectivity index (χ2v) is 12.9. The minimum Gasteiger partial charge on any atom is -0.379 e. The summed E-state index contributed by atoms with van der Waals surface area (Å²) in [4.78, 5) is 4.07. The van der Waals surface area contributed by atoms with E-state index >= 15 is 0 Å². The van der Waals surface area contributed by atoms with Crippen molar-refractivity contribution in [3.8, 4) is 0 Å². The number of pyridine rings is 1. The van der Waals surface area contributed by atoms with Crippen molar-refractivity contribution in [2.75, 3.05) is 7.05 Å². The van der Waals surface area contributed by atoms with E-state index in [-0.39, 0.29) is 38.9 Å². The van der Waals surface area contributed by atoms with Gasteiger partial charge in [-0.25, -0.2) is 34.9 Å². The summed E-state index contributed by atoms with van der Waals surface area (Å²) in [5.74, 6) is -0.515. The summed E-state index contributed by atoms with van der Waals surface area (Å²) in [6.07, 6.45) is 3.87. The van der Waals surface area contributed by atoms with Crippen LogP contribution in [0.3, 0.4) is 0 Å². The normalized spacial score (nSPS) is 16.4. The number of halogens is 1. The fourth-order valence-corrected chi connectivity index (χ4v) is 7.07. The van der Waals surface area contributed by atoms with Crippen molar-refractivity contribution < 1.29 is 26.3 Å². The largest absolute Gasteiger partial charge is 0.379 e. The quantitative estimate of drug-likeness (QED) is 0.350. The van der Waals surface area contributed by atoms with E-state index in [1.807, 2.05) is 0 Å². The van der Waals surface area contributed by atoms with E-state index < -0.39 is 31.5 Å². The number of hydrogen-bond donors (Lipinski definition) is 2. The number of hydrogen-bond acceptors (Lipinski definition) is 6. The van der Waals surface area contributed by atoms with Crippen LogP contribution in [0.4, 0.5) is 4.39 Å². The van der Waals surface area contributed by atoms with E-state index in [9.17, 15) is 26.3 Å². The Morgan fingerprint density at radius 1 is 1.03 bits per heavy atom. The molecule has 1 aliphatic rings. The average molecular weight is 544 g/mol. The summed E-state index contributed by atoms with van der Waals surface area (Å²) in [7, 11) is -6.67. The molecular weight excluding hydrogens is 517 g/mol. The Kier molecular flexibility index (Phi) is 6.43. The maximum atomic E-state index is 14.1. The molecule has 0 bridgehead atoms. The Bertz CT molecular complexity index is 1670. The highest BCUT2D eigenvalue weighted by atomic mass is 32.2. The van der Waals surface area contributed by atoms with Gasteiger partial charge in [-0.15, -0.1) is 0 Å². The Labute approximate surface area is 214 Å². The predicted octanol–water partition coefficient (Wildman–Crippen LogP) is 3.75. The molecule has 8 nitrogen and oxygen atoms in total. The summed E-state index contributed by atoms with van der Waals surface area (Å²) < 4.78 is 69.7. The van der Waals surface area contributed by atoms with Gasteiger partial charge >= 0.3 is 0 Å². The van der Waals surface area contributed by atoms with E-state index in [4.69, 9.17) is 0 Å². The zero-order valence-electron chi connectivity index (χ0n) is 20.0. The third-order valence-corrected chi connectivity index (χ3v) is 10.1. The Hall–Kier alpha value is -3.12. The fraction of sp³-hybridized carbons (Fsp3) is 0.269. The number of nitrogens with zero attached hydrogens (tertiary/aromatic N) is 2. The molecule has 1 unspecified atom stereocenters. The van der Waals surface area contributed by atoms with Gasteiger partial charge in [-0.1, -0.05) is 49.6 Å². The van der Waals surface area contributed by atoms with Crippen LogP contribution >= 0.6 is 0 Å². The predicted molar refractivity (Wildman–Crippen MR) is 136 cm³/mol. The van der Waals surface area contributed by atoms with Crippen LogP contribution in [0.15, 0.2) is 82.7 Å². The molecule has 1 fully saturated rings. The molecule has 1 saturated carbocycles. The highest BCUT2D eigenvalue weighted by molar-refractivity contribution is 7.90. The summed E-state index contributed by atoms with van der Waals surface area (Å²) in [6.45, 7) is 0. The van der Waals surface area contributed by atoms with Crippen molar-refractivity contribution in [2.45, 2.75) is 41.1 Å². The first kappa shape index (κ1) is 25.5. The van der Waals surface area contributed by atoms with Crippen LogP contribution in [0.5, 0.6) is 0 Å². The van der Waals surface area contributed by atoms with Crippen molar-refractivity contribution in [2.24, 2.45) is 5.92 Å². The van der Waals surface area contributed by atoms with Crippen LogP contribution in [0, 0.1) is 11.7 Å². The van der Waals surface area contributed by atoms with E-state index in [1.54, 1.807) is 18.2 Å². The highest BCUT2D eigenvalue weighted by Crippen LogP contribution is 2.44. The van der Waals surface area contributed by atoms with Crippen molar-refractivity contribution in [3.63, 3.8) is 0 Å². The molecule has 4 aromatic rings. The minimum atomic E-state index is -4.25. The fourth-order valence-electron chi connectivity index (χ4n) is 4.78. The lowest BCUT2D eigenvalue weighted by Gasteiger charge is -2.37. The number of rotatable bonds is 8. The zero-order valence-corrected chi connectivity index (χ0v) is 21.6. The Morgan fingerprint density at radius 3 is 2.30 bits per heavy atom. The van der Waals surface area contributed by atoms with E-state index in [2.05, 4.69) is 9.71 Å². The van der Waals surface area contributed by atoms with Gasteiger partial charge in [0.15, 0.2) is 5.65 Å². The molecule has 0 amide bonds. The molecule has 0 radical (unpaired) electrons. The molecule has 1 aliphatic carbocycles.